The van der Waals surface area contributed by atoms with Gasteiger partial charge in [-0.15, -0.1) is 0 Å². The lowest BCUT2D eigenvalue weighted by Gasteiger charge is -2.15. The van der Waals surface area contributed by atoms with Gasteiger partial charge >= 0.3 is 0 Å². The second-order valence-electron chi connectivity index (χ2n) is 6.10. The highest BCUT2D eigenvalue weighted by Gasteiger charge is 2.35. The Labute approximate surface area is 202 Å². The molecule has 3 rings (SSSR count). The summed E-state index contributed by atoms with van der Waals surface area (Å²) in [6.07, 6.45) is 3.30. The first kappa shape index (κ1) is 23.0. The van der Waals surface area contributed by atoms with Gasteiger partial charge in [0.15, 0.2) is 11.5 Å². The molecule has 0 aliphatic carbocycles. The lowest BCUT2D eigenvalue weighted by Crippen LogP contribution is -2.27. The molecule has 156 valence electrons. The third-order valence-corrected chi connectivity index (χ3v) is 6.56. The quantitative estimate of drug-likeness (QED) is 0.217. The molecule has 0 aromatic heterocycles. The van der Waals surface area contributed by atoms with Crippen molar-refractivity contribution in [2.75, 3.05) is 13.7 Å². The lowest BCUT2D eigenvalue weighted by molar-refractivity contribution is -0.123. The van der Waals surface area contributed by atoms with Crippen molar-refractivity contribution in [1.29, 1.82) is 0 Å². The van der Waals surface area contributed by atoms with Crippen LogP contribution in [0, 0.1) is 3.57 Å². The van der Waals surface area contributed by atoms with E-state index in [9.17, 15) is 9.59 Å². The van der Waals surface area contributed by atoms with Crippen molar-refractivity contribution in [3.63, 3.8) is 0 Å². The zero-order chi connectivity index (χ0) is 21.8. The van der Waals surface area contributed by atoms with E-state index in [1.54, 1.807) is 36.4 Å². The van der Waals surface area contributed by atoms with Crippen LogP contribution < -0.4 is 9.47 Å². The van der Waals surface area contributed by atoms with Gasteiger partial charge in [0, 0.05) is 15.6 Å². The van der Waals surface area contributed by atoms with Crippen molar-refractivity contribution in [3.8, 4) is 11.5 Å². The van der Waals surface area contributed by atoms with Gasteiger partial charge < -0.3 is 9.47 Å². The van der Waals surface area contributed by atoms with Gasteiger partial charge in [0.05, 0.1) is 22.1 Å². The molecule has 0 saturated carbocycles. The van der Waals surface area contributed by atoms with Crippen LogP contribution in [0.5, 0.6) is 11.5 Å². The van der Waals surface area contributed by atoms with Crippen molar-refractivity contribution < 1.29 is 19.1 Å². The van der Waals surface area contributed by atoms with Crippen LogP contribution in [0.4, 0.5) is 4.79 Å². The lowest BCUT2D eigenvalue weighted by atomic mass is 10.1. The van der Waals surface area contributed by atoms with Crippen LogP contribution in [-0.2, 0) is 11.3 Å². The Morgan fingerprint density at radius 1 is 1.23 bits per heavy atom. The third kappa shape index (κ3) is 4.96. The Kier molecular flexibility index (Phi) is 7.73. The first-order valence-corrected chi connectivity index (χ1v) is 11.3. The van der Waals surface area contributed by atoms with Crippen LogP contribution in [0.2, 0.25) is 10.0 Å². The number of benzene rings is 2. The molecule has 1 heterocycles. The molecule has 0 atom stereocenters. The van der Waals surface area contributed by atoms with Crippen LogP contribution >= 0.6 is 57.6 Å². The molecular formula is C21H16Cl2INO4S. The van der Waals surface area contributed by atoms with Gasteiger partial charge in [-0.1, -0.05) is 41.9 Å². The van der Waals surface area contributed by atoms with Gasteiger partial charge in [-0.2, -0.15) is 0 Å². The number of hydrogen-bond acceptors (Lipinski definition) is 5. The molecule has 1 aliphatic heterocycles. The molecule has 2 aromatic rings. The summed E-state index contributed by atoms with van der Waals surface area (Å²) in [5, 5.41) is 0.426. The van der Waals surface area contributed by atoms with E-state index in [-0.39, 0.29) is 11.8 Å². The molecule has 0 radical (unpaired) electrons. The Morgan fingerprint density at radius 3 is 2.57 bits per heavy atom. The average Bonchev–Trinajstić information content (AvgIpc) is 2.96. The molecule has 0 unspecified atom stereocenters. The van der Waals surface area contributed by atoms with E-state index in [1.165, 1.54) is 7.11 Å². The Hall–Kier alpha value is -1.68. The number of amides is 2. The van der Waals surface area contributed by atoms with Gasteiger partial charge in [0.2, 0.25) is 0 Å². The molecule has 2 aromatic carbocycles. The van der Waals surface area contributed by atoms with Gasteiger partial charge in [0.25, 0.3) is 11.1 Å². The van der Waals surface area contributed by atoms with E-state index in [4.69, 9.17) is 32.7 Å². The molecule has 1 fully saturated rings. The number of carbonyl (C=O) groups is 2. The molecule has 30 heavy (non-hydrogen) atoms. The maximum absolute atomic E-state index is 12.9. The molecule has 5 nitrogen and oxygen atoms in total. The van der Waals surface area contributed by atoms with E-state index in [1.807, 2.05) is 6.07 Å². The van der Waals surface area contributed by atoms with E-state index in [2.05, 4.69) is 29.2 Å². The highest BCUT2D eigenvalue weighted by molar-refractivity contribution is 14.1. The fraction of sp³-hybridized carbons (Fsp3) is 0.143. The summed E-state index contributed by atoms with van der Waals surface area (Å²) >= 11 is 15.4. The zero-order valence-electron chi connectivity index (χ0n) is 15.8. The monoisotopic (exact) mass is 575 g/mol. The van der Waals surface area contributed by atoms with Crippen molar-refractivity contribution in [2.45, 2.75) is 6.54 Å². The highest BCUT2D eigenvalue weighted by atomic mass is 127. The fourth-order valence-corrected chi connectivity index (χ4v) is 4.87. The number of ether oxygens (including phenoxy) is 2. The molecule has 1 aliphatic rings. The molecule has 0 spiro atoms. The van der Waals surface area contributed by atoms with Gasteiger partial charge in [-0.05, 0) is 70.3 Å². The summed E-state index contributed by atoms with van der Waals surface area (Å²) in [6, 6.07) is 8.64. The predicted octanol–water partition coefficient (Wildman–Crippen LogP) is 6.41. The van der Waals surface area contributed by atoms with E-state index >= 15 is 0 Å². The normalized spacial score (nSPS) is 15.1. The van der Waals surface area contributed by atoms with Gasteiger partial charge in [0.1, 0.15) is 6.61 Å². The fourth-order valence-electron chi connectivity index (χ4n) is 2.73. The summed E-state index contributed by atoms with van der Waals surface area (Å²) < 4.78 is 11.9. The van der Waals surface area contributed by atoms with Crippen LogP contribution in [0.1, 0.15) is 11.1 Å². The van der Waals surface area contributed by atoms with E-state index in [0.717, 1.165) is 20.2 Å². The number of imide groups is 1. The largest absolute Gasteiger partial charge is 0.493 e. The van der Waals surface area contributed by atoms with Crippen molar-refractivity contribution in [2.24, 2.45) is 0 Å². The smallest absolute Gasteiger partial charge is 0.293 e. The Morgan fingerprint density at radius 2 is 1.93 bits per heavy atom. The SMILES string of the molecule is C=CCOc1c(I)cc(/C=C2\SC(=O)N(Cc3c(Cl)cccc3Cl)C2=O)cc1OC. The predicted molar refractivity (Wildman–Crippen MR) is 129 cm³/mol. The molecule has 0 bridgehead atoms. The average molecular weight is 576 g/mol. The topological polar surface area (TPSA) is 55.8 Å². The standard InChI is InChI=1S/C21H16Cl2INO4S/c1-3-7-29-19-16(24)8-12(9-17(19)28-2)10-18-20(26)25(21(27)30-18)11-13-14(22)5-4-6-15(13)23/h3-6,8-10H,1,7,11H2,2H3/b18-10-. The Balaban J connectivity index is 1.88. The summed E-state index contributed by atoms with van der Waals surface area (Å²) in [6.45, 7) is 3.99. The minimum atomic E-state index is -0.401. The molecule has 2 amide bonds. The Bertz CT molecular complexity index is 1040. The van der Waals surface area contributed by atoms with Crippen LogP contribution in [0.3, 0.4) is 0 Å². The van der Waals surface area contributed by atoms with Gasteiger partial charge in [-0.3, -0.25) is 14.5 Å². The number of nitrogens with zero attached hydrogens (tertiary/aromatic N) is 1. The number of rotatable bonds is 7. The summed E-state index contributed by atoms with van der Waals surface area (Å²) in [7, 11) is 1.54. The molecule has 9 heteroatoms. The molecule has 1 saturated heterocycles. The number of halogens is 3. The number of hydrogen-bond donors (Lipinski definition) is 0. The third-order valence-electron chi connectivity index (χ3n) is 4.15. The summed E-state index contributed by atoms with van der Waals surface area (Å²) in [5.74, 6) is 0.718. The van der Waals surface area contributed by atoms with Crippen LogP contribution in [-0.4, -0.2) is 29.8 Å². The second-order valence-corrected chi connectivity index (χ2v) is 9.07. The van der Waals surface area contributed by atoms with Crippen LogP contribution in [0.15, 0.2) is 47.9 Å². The molecular weight excluding hydrogens is 560 g/mol. The van der Waals surface area contributed by atoms with Crippen molar-refractivity contribution in [1.82, 2.24) is 4.90 Å². The minimum absolute atomic E-state index is 0.00962. The van der Waals surface area contributed by atoms with E-state index < -0.39 is 5.91 Å². The summed E-state index contributed by atoms with van der Waals surface area (Å²) in [5.41, 5.74) is 1.24. The van der Waals surface area contributed by atoms with Crippen LogP contribution in [0.25, 0.3) is 6.08 Å². The van der Waals surface area contributed by atoms with Gasteiger partial charge in [-0.25, -0.2) is 0 Å². The summed E-state index contributed by atoms with van der Waals surface area (Å²) in [4.78, 5) is 26.8. The number of methoxy groups -OCH3 is 1. The van der Waals surface area contributed by atoms with Crippen molar-refractivity contribution >= 4 is 74.8 Å². The zero-order valence-corrected chi connectivity index (χ0v) is 20.3. The molecule has 0 N–H and O–H groups in total. The minimum Gasteiger partial charge on any atom is -0.493 e. The maximum atomic E-state index is 12.9. The highest BCUT2D eigenvalue weighted by Crippen LogP contribution is 2.38. The van der Waals surface area contributed by atoms with Crippen molar-refractivity contribution in [3.05, 3.63) is 72.6 Å². The second kappa shape index (κ2) is 10.1. The first-order chi connectivity index (χ1) is 14.3. The number of thioether (sulfide) groups is 1. The van der Waals surface area contributed by atoms with E-state index in [0.29, 0.717) is 44.2 Å². The number of carbonyl (C=O) groups excluding carboxylic acids is 2. The maximum Gasteiger partial charge on any atom is 0.293 e. The first-order valence-electron chi connectivity index (χ1n) is 8.65.